The molecule has 0 aliphatic carbocycles. The van der Waals surface area contributed by atoms with Gasteiger partial charge in [0.05, 0.1) is 0 Å². The summed E-state index contributed by atoms with van der Waals surface area (Å²) in [5.41, 5.74) is 2.14. The Balaban J connectivity index is 1.70. The molecule has 1 amide bonds. The number of fused-ring (bicyclic) bond motifs is 1. The molecule has 1 aromatic carbocycles. The minimum Gasteiger partial charge on any atom is -0.456 e. The highest BCUT2D eigenvalue weighted by atomic mass is 16.5. The molecule has 0 aliphatic rings. The molecule has 0 spiro atoms. The molecule has 2 rings (SSSR count). The van der Waals surface area contributed by atoms with Crippen LogP contribution in [0.2, 0.25) is 0 Å². The van der Waals surface area contributed by atoms with Gasteiger partial charge in [0.2, 0.25) is 0 Å². The maximum atomic E-state index is 11.7. The molecule has 0 atom stereocenters. The smallest absolute Gasteiger partial charge is 0.306 e. The standard InChI is InChI=1S/C18H24N2O3/c1-13(2)9-10-19-17(21)12-23-18(22)8-7-14-11-20-16-6-4-3-5-15(14)16/h3-6,11,13,20H,7-10,12H2,1-2H3,(H,19,21). The van der Waals surface area contributed by atoms with E-state index in [0.717, 1.165) is 22.9 Å². The minimum absolute atomic E-state index is 0.204. The number of aromatic amines is 1. The third-order valence-corrected chi connectivity index (χ3v) is 3.68. The van der Waals surface area contributed by atoms with Crippen molar-refractivity contribution in [3.63, 3.8) is 0 Å². The highest BCUT2D eigenvalue weighted by Gasteiger charge is 2.10. The van der Waals surface area contributed by atoms with E-state index in [9.17, 15) is 9.59 Å². The van der Waals surface area contributed by atoms with E-state index in [0.29, 0.717) is 18.9 Å². The average Bonchev–Trinajstić information content (AvgIpc) is 2.94. The molecule has 5 nitrogen and oxygen atoms in total. The summed E-state index contributed by atoms with van der Waals surface area (Å²) in [7, 11) is 0. The predicted molar refractivity (Wildman–Crippen MR) is 90.0 cm³/mol. The molecular formula is C18H24N2O3. The van der Waals surface area contributed by atoms with Crippen molar-refractivity contribution in [3.05, 3.63) is 36.0 Å². The first-order chi connectivity index (χ1) is 11.1. The summed E-state index contributed by atoms with van der Waals surface area (Å²) in [4.78, 5) is 26.5. The summed E-state index contributed by atoms with van der Waals surface area (Å²) in [6.45, 7) is 4.60. The van der Waals surface area contributed by atoms with Gasteiger partial charge in [-0.25, -0.2) is 0 Å². The van der Waals surface area contributed by atoms with E-state index < -0.39 is 0 Å². The van der Waals surface area contributed by atoms with Crippen molar-refractivity contribution in [1.82, 2.24) is 10.3 Å². The molecule has 1 aromatic heterocycles. The Bertz CT molecular complexity index is 661. The van der Waals surface area contributed by atoms with Gasteiger partial charge in [-0.05, 0) is 30.4 Å². The van der Waals surface area contributed by atoms with Crippen molar-refractivity contribution < 1.29 is 14.3 Å². The van der Waals surface area contributed by atoms with Gasteiger partial charge in [-0.3, -0.25) is 9.59 Å². The third-order valence-electron chi connectivity index (χ3n) is 3.68. The highest BCUT2D eigenvalue weighted by Crippen LogP contribution is 2.19. The van der Waals surface area contributed by atoms with Crippen LogP contribution in [0, 0.1) is 5.92 Å². The zero-order chi connectivity index (χ0) is 16.7. The Hall–Kier alpha value is -2.30. The minimum atomic E-state index is -0.353. The van der Waals surface area contributed by atoms with Crippen LogP contribution < -0.4 is 5.32 Å². The van der Waals surface area contributed by atoms with Crippen LogP contribution in [0.25, 0.3) is 10.9 Å². The molecular weight excluding hydrogens is 292 g/mol. The number of aromatic nitrogens is 1. The monoisotopic (exact) mass is 316 g/mol. The van der Waals surface area contributed by atoms with Crippen LogP contribution >= 0.6 is 0 Å². The van der Waals surface area contributed by atoms with Crippen LogP contribution in [0.4, 0.5) is 0 Å². The van der Waals surface area contributed by atoms with E-state index in [2.05, 4.69) is 24.1 Å². The van der Waals surface area contributed by atoms with Crippen LogP contribution in [-0.2, 0) is 20.7 Å². The SMILES string of the molecule is CC(C)CCNC(=O)COC(=O)CCc1c[nH]c2ccccc12. The summed E-state index contributed by atoms with van der Waals surface area (Å²) < 4.78 is 5.01. The summed E-state index contributed by atoms with van der Waals surface area (Å²) in [6, 6.07) is 7.96. The first-order valence-corrected chi connectivity index (χ1v) is 8.03. The maximum absolute atomic E-state index is 11.7. The lowest BCUT2D eigenvalue weighted by Crippen LogP contribution is -2.30. The number of hydrogen-bond acceptors (Lipinski definition) is 3. The normalized spacial score (nSPS) is 10.9. The number of carbonyl (C=O) groups is 2. The molecule has 0 aliphatic heterocycles. The van der Waals surface area contributed by atoms with E-state index in [4.69, 9.17) is 4.74 Å². The second-order valence-electron chi connectivity index (χ2n) is 6.05. The molecule has 124 valence electrons. The molecule has 2 N–H and O–H groups in total. The van der Waals surface area contributed by atoms with E-state index >= 15 is 0 Å². The van der Waals surface area contributed by atoms with Gasteiger partial charge in [0.25, 0.3) is 5.91 Å². The number of rotatable bonds is 8. The van der Waals surface area contributed by atoms with Crippen molar-refractivity contribution in [2.24, 2.45) is 5.92 Å². The van der Waals surface area contributed by atoms with Crippen LogP contribution in [0.5, 0.6) is 0 Å². The topological polar surface area (TPSA) is 71.2 Å². The molecule has 0 unspecified atom stereocenters. The summed E-state index contributed by atoms with van der Waals surface area (Å²) in [6.07, 6.45) is 3.69. The van der Waals surface area contributed by atoms with Crippen LogP contribution in [0.3, 0.4) is 0 Å². The largest absolute Gasteiger partial charge is 0.456 e. The Morgan fingerprint density at radius 3 is 2.83 bits per heavy atom. The number of carbonyl (C=O) groups excluding carboxylic acids is 2. The first kappa shape index (κ1) is 17.1. The van der Waals surface area contributed by atoms with Crippen molar-refractivity contribution >= 4 is 22.8 Å². The van der Waals surface area contributed by atoms with Crippen molar-refractivity contribution in [3.8, 4) is 0 Å². The van der Waals surface area contributed by atoms with Crippen molar-refractivity contribution in [2.45, 2.75) is 33.1 Å². The molecule has 5 heteroatoms. The predicted octanol–water partition coefficient (Wildman–Crippen LogP) is 2.81. The quantitative estimate of drug-likeness (QED) is 0.736. The Morgan fingerprint density at radius 2 is 2.04 bits per heavy atom. The molecule has 23 heavy (non-hydrogen) atoms. The van der Waals surface area contributed by atoms with Gasteiger partial charge in [-0.1, -0.05) is 32.0 Å². The van der Waals surface area contributed by atoms with Crippen LogP contribution in [0.1, 0.15) is 32.3 Å². The van der Waals surface area contributed by atoms with E-state index in [1.165, 1.54) is 0 Å². The zero-order valence-electron chi connectivity index (χ0n) is 13.7. The van der Waals surface area contributed by atoms with Crippen molar-refractivity contribution in [2.75, 3.05) is 13.2 Å². The van der Waals surface area contributed by atoms with E-state index in [1.807, 2.05) is 30.5 Å². The number of amides is 1. The van der Waals surface area contributed by atoms with E-state index in [-0.39, 0.29) is 24.9 Å². The van der Waals surface area contributed by atoms with Gasteiger partial charge >= 0.3 is 5.97 Å². The summed E-state index contributed by atoms with van der Waals surface area (Å²) in [5, 5.41) is 3.86. The molecule has 0 fully saturated rings. The summed E-state index contributed by atoms with van der Waals surface area (Å²) in [5.74, 6) is -0.0607. The Morgan fingerprint density at radius 1 is 1.26 bits per heavy atom. The number of ether oxygens (including phenoxy) is 1. The van der Waals surface area contributed by atoms with Gasteiger partial charge < -0.3 is 15.0 Å². The van der Waals surface area contributed by atoms with Gasteiger partial charge in [-0.15, -0.1) is 0 Å². The second-order valence-corrected chi connectivity index (χ2v) is 6.05. The molecule has 0 saturated heterocycles. The van der Waals surface area contributed by atoms with Crippen molar-refractivity contribution in [1.29, 1.82) is 0 Å². The molecule has 0 bridgehead atoms. The lowest BCUT2D eigenvalue weighted by atomic mass is 10.1. The lowest BCUT2D eigenvalue weighted by molar-refractivity contribution is -0.148. The second kappa shape index (κ2) is 8.36. The number of benzene rings is 1. The number of esters is 1. The highest BCUT2D eigenvalue weighted by molar-refractivity contribution is 5.84. The number of hydrogen-bond donors (Lipinski definition) is 2. The first-order valence-electron chi connectivity index (χ1n) is 8.03. The van der Waals surface area contributed by atoms with E-state index in [1.54, 1.807) is 0 Å². The van der Waals surface area contributed by atoms with Gasteiger partial charge in [0.1, 0.15) is 0 Å². The number of para-hydroxylation sites is 1. The Labute approximate surface area is 136 Å². The van der Waals surface area contributed by atoms with Crippen LogP contribution in [-0.4, -0.2) is 30.0 Å². The fourth-order valence-electron chi connectivity index (χ4n) is 2.34. The Kier molecular flexibility index (Phi) is 6.20. The zero-order valence-corrected chi connectivity index (χ0v) is 13.7. The third kappa shape index (κ3) is 5.43. The number of aryl methyl sites for hydroxylation is 1. The number of nitrogens with one attached hydrogen (secondary N) is 2. The molecule has 0 saturated carbocycles. The molecule has 0 radical (unpaired) electrons. The number of H-pyrrole nitrogens is 1. The van der Waals surface area contributed by atoms with Gasteiger partial charge in [0.15, 0.2) is 6.61 Å². The molecule has 2 aromatic rings. The average molecular weight is 316 g/mol. The van der Waals surface area contributed by atoms with Gasteiger partial charge in [0, 0.05) is 30.1 Å². The van der Waals surface area contributed by atoms with Crippen LogP contribution in [0.15, 0.2) is 30.5 Å². The van der Waals surface area contributed by atoms with Gasteiger partial charge in [-0.2, -0.15) is 0 Å². The maximum Gasteiger partial charge on any atom is 0.306 e. The fourth-order valence-corrected chi connectivity index (χ4v) is 2.34. The summed E-state index contributed by atoms with van der Waals surface area (Å²) >= 11 is 0. The lowest BCUT2D eigenvalue weighted by Gasteiger charge is -2.08. The fraction of sp³-hybridized carbons (Fsp3) is 0.444. The molecule has 1 heterocycles.